The van der Waals surface area contributed by atoms with Gasteiger partial charge < -0.3 is 14.4 Å². The Morgan fingerprint density at radius 1 is 1.30 bits per heavy atom. The lowest BCUT2D eigenvalue weighted by atomic mass is 9.88. The van der Waals surface area contributed by atoms with E-state index in [1.165, 1.54) is 0 Å². The molecule has 2 fully saturated rings. The molecule has 0 bridgehead atoms. The van der Waals surface area contributed by atoms with Crippen LogP contribution < -0.4 is 0 Å². The molecule has 0 aliphatic carbocycles. The Morgan fingerprint density at radius 2 is 1.95 bits per heavy atom. The number of ether oxygens (including phenoxy) is 2. The normalized spacial score (nSPS) is 22.4. The fourth-order valence-electron chi connectivity index (χ4n) is 2.97. The molecular weight excluding hydrogens is 274 g/mol. The standard InChI is InChI=1S/C15H21NO3S/c1-14(2,12-4-3-11-20-12)13(17)16-7-5-15(6-8-16)18-9-10-19-15/h3-4,11H,5-10H2,1-2H3. The minimum absolute atomic E-state index is 0.202. The van der Waals surface area contributed by atoms with Crippen molar-refractivity contribution in [2.45, 2.75) is 37.9 Å². The number of hydrogen-bond donors (Lipinski definition) is 0. The topological polar surface area (TPSA) is 38.8 Å². The maximum absolute atomic E-state index is 12.8. The molecule has 2 aliphatic heterocycles. The molecule has 4 nitrogen and oxygen atoms in total. The molecule has 0 unspecified atom stereocenters. The van der Waals surface area contributed by atoms with Crippen molar-refractivity contribution in [3.63, 3.8) is 0 Å². The van der Waals surface area contributed by atoms with Gasteiger partial charge >= 0.3 is 0 Å². The number of thiophene rings is 1. The van der Waals surface area contributed by atoms with Gasteiger partial charge in [0.05, 0.1) is 18.6 Å². The Labute approximate surface area is 123 Å². The summed E-state index contributed by atoms with van der Waals surface area (Å²) in [6.07, 6.45) is 1.55. The summed E-state index contributed by atoms with van der Waals surface area (Å²) in [5.41, 5.74) is -0.448. The highest BCUT2D eigenvalue weighted by atomic mass is 32.1. The fourth-order valence-corrected chi connectivity index (χ4v) is 3.81. The monoisotopic (exact) mass is 295 g/mol. The predicted molar refractivity (Wildman–Crippen MR) is 77.8 cm³/mol. The maximum atomic E-state index is 12.8. The molecule has 5 heteroatoms. The van der Waals surface area contributed by atoms with E-state index in [9.17, 15) is 4.79 Å². The van der Waals surface area contributed by atoms with Gasteiger partial charge in [0.2, 0.25) is 5.91 Å². The lowest BCUT2D eigenvalue weighted by Crippen LogP contribution is -2.51. The first-order valence-electron chi connectivity index (χ1n) is 7.15. The molecule has 0 N–H and O–H groups in total. The third-order valence-corrected chi connectivity index (χ3v) is 5.49. The van der Waals surface area contributed by atoms with Crippen LogP contribution in [0, 0.1) is 0 Å². The van der Waals surface area contributed by atoms with E-state index in [2.05, 4.69) is 0 Å². The molecular formula is C15H21NO3S. The number of likely N-dealkylation sites (tertiary alicyclic amines) is 1. The van der Waals surface area contributed by atoms with Crippen LogP contribution in [0.1, 0.15) is 31.6 Å². The van der Waals surface area contributed by atoms with Crippen molar-refractivity contribution in [3.8, 4) is 0 Å². The first kappa shape index (κ1) is 14.0. The summed E-state index contributed by atoms with van der Waals surface area (Å²) in [6.45, 7) is 6.80. The van der Waals surface area contributed by atoms with E-state index in [4.69, 9.17) is 9.47 Å². The second kappa shape index (κ2) is 5.13. The van der Waals surface area contributed by atoms with Crippen molar-refractivity contribution in [2.24, 2.45) is 0 Å². The Balaban J connectivity index is 1.67. The molecule has 1 aromatic rings. The van der Waals surface area contributed by atoms with Crippen molar-refractivity contribution < 1.29 is 14.3 Å². The quantitative estimate of drug-likeness (QED) is 0.841. The Hall–Kier alpha value is -0.910. The second-order valence-electron chi connectivity index (χ2n) is 6.00. The zero-order valence-corrected chi connectivity index (χ0v) is 12.9. The second-order valence-corrected chi connectivity index (χ2v) is 6.95. The first-order valence-corrected chi connectivity index (χ1v) is 8.03. The van der Waals surface area contributed by atoms with Gasteiger partial charge in [-0.3, -0.25) is 4.79 Å². The number of piperidine rings is 1. The van der Waals surface area contributed by atoms with E-state index in [1.807, 2.05) is 36.3 Å². The molecule has 110 valence electrons. The van der Waals surface area contributed by atoms with Crippen LogP contribution in [0.3, 0.4) is 0 Å². The summed E-state index contributed by atoms with van der Waals surface area (Å²) in [4.78, 5) is 15.8. The van der Waals surface area contributed by atoms with Crippen LogP contribution in [-0.4, -0.2) is 42.9 Å². The highest BCUT2D eigenvalue weighted by molar-refractivity contribution is 7.10. The third kappa shape index (κ3) is 2.38. The number of carbonyl (C=O) groups excluding carboxylic acids is 1. The van der Waals surface area contributed by atoms with E-state index < -0.39 is 11.2 Å². The van der Waals surface area contributed by atoms with Crippen LogP contribution >= 0.6 is 11.3 Å². The maximum Gasteiger partial charge on any atom is 0.233 e. The molecule has 0 saturated carbocycles. The van der Waals surface area contributed by atoms with Gasteiger partial charge in [-0.25, -0.2) is 0 Å². The summed E-state index contributed by atoms with van der Waals surface area (Å²) in [5.74, 6) is -0.211. The zero-order valence-electron chi connectivity index (χ0n) is 12.1. The number of rotatable bonds is 2. The third-order valence-electron chi connectivity index (χ3n) is 4.30. The molecule has 0 aromatic carbocycles. The Bertz CT molecular complexity index is 467. The molecule has 2 saturated heterocycles. The van der Waals surface area contributed by atoms with Crippen molar-refractivity contribution >= 4 is 17.2 Å². The average molecular weight is 295 g/mol. The molecule has 2 aliphatic rings. The highest BCUT2D eigenvalue weighted by Crippen LogP contribution is 2.35. The molecule has 3 heterocycles. The van der Waals surface area contributed by atoms with E-state index in [-0.39, 0.29) is 5.91 Å². The molecule has 20 heavy (non-hydrogen) atoms. The summed E-state index contributed by atoms with van der Waals surface area (Å²) >= 11 is 1.64. The molecule has 3 rings (SSSR count). The average Bonchev–Trinajstić information content (AvgIpc) is 3.11. The number of hydrogen-bond acceptors (Lipinski definition) is 4. The lowest BCUT2D eigenvalue weighted by molar-refractivity contribution is -0.188. The smallest absolute Gasteiger partial charge is 0.233 e. The number of carbonyl (C=O) groups is 1. The molecule has 1 spiro atoms. The minimum atomic E-state index is -0.448. The summed E-state index contributed by atoms with van der Waals surface area (Å²) in [6, 6.07) is 4.04. The van der Waals surface area contributed by atoms with Gasteiger partial charge in [0.1, 0.15) is 0 Å². The van der Waals surface area contributed by atoms with Crippen LogP contribution in [0.5, 0.6) is 0 Å². The molecule has 0 atom stereocenters. The summed E-state index contributed by atoms with van der Waals surface area (Å²) in [7, 11) is 0. The van der Waals surface area contributed by atoms with Gasteiger partial charge in [0.15, 0.2) is 5.79 Å². The van der Waals surface area contributed by atoms with E-state index in [0.29, 0.717) is 26.3 Å². The predicted octanol–water partition coefficient (Wildman–Crippen LogP) is 2.39. The van der Waals surface area contributed by atoms with Gasteiger partial charge in [-0.05, 0) is 25.3 Å². The Morgan fingerprint density at radius 3 is 2.50 bits per heavy atom. The van der Waals surface area contributed by atoms with E-state index >= 15 is 0 Å². The Kier molecular flexibility index (Phi) is 3.60. The summed E-state index contributed by atoms with van der Waals surface area (Å²) < 4.78 is 11.4. The molecule has 0 radical (unpaired) electrons. The van der Waals surface area contributed by atoms with Crippen LogP contribution in [0.15, 0.2) is 17.5 Å². The highest BCUT2D eigenvalue weighted by Gasteiger charge is 2.43. The van der Waals surface area contributed by atoms with Crippen molar-refractivity contribution in [1.82, 2.24) is 4.90 Å². The fraction of sp³-hybridized carbons (Fsp3) is 0.667. The van der Waals surface area contributed by atoms with Crippen LogP contribution in [0.4, 0.5) is 0 Å². The summed E-state index contributed by atoms with van der Waals surface area (Å²) in [5, 5.41) is 2.02. The van der Waals surface area contributed by atoms with E-state index in [0.717, 1.165) is 17.7 Å². The van der Waals surface area contributed by atoms with Crippen molar-refractivity contribution in [1.29, 1.82) is 0 Å². The van der Waals surface area contributed by atoms with E-state index in [1.54, 1.807) is 11.3 Å². The first-order chi connectivity index (χ1) is 9.54. The van der Waals surface area contributed by atoms with Crippen LogP contribution in [0.25, 0.3) is 0 Å². The van der Waals surface area contributed by atoms with Crippen LogP contribution in [-0.2, 0) is 19.7 Å². The lowest BCUT2D eigenvalue weighted by Gasteiger charge is -2.40. The van der Waals surface area contributed by atoms with Gasteiger partial charge in [0.25, 0.3) is 0 Å². The van der Waals surface area contributed by atoms with Crippen LogP contribution in [0.2, 0.25) is 0 Å². The number of nitrogens with zero attached hydrogens (tertiary/aromatic N) is 1. The minimum Gasteiger partial charge on any atom is -0.347 e. The zero-order chi connectivity index (χ0) is 14.2. The van der Waals surface area contributed by atoms with Gasteiger partial charge in [-0.15, -0.1) is 11.3 Å². The molecule has 1 amide bonds. The van der Waals surface area contributed by atoms with Gasteiger partial charge in [-0.1, -0.05) is 6.07 Å². The molecule has 1 aromatic heterocycles. The van der Waals surface area contributed by atoms with Gasteiger partial charge in [0, 0.05) is 30.8 Å². The largest absolute Gasteiger partial charge is 0.347 e. The van der Waals surface area contributed by atoms with Gasteiger partial charge in [-0.2, -0.15) is 0 Å². The van der Waals surface area contributed by atoms with Crippen molar-refractivity contribution in [3.05, 3.63) is 22.4 Å². The SMILES string of the molecule is CC(C)(C(=O)N1CCC2(CC1)OCCO2)c1cccs1. The number of amides is 1. The van der Waals surface area contributed by atoms with Crippen molar-refractivity contribution in [2.75, 3.05) is 26.3 Å².